The molecule has 4 nitrogen and oxygen atoms in total. The summed E-state index contributed by atoms with van der Waals surface area (Å²) in [5.41, 5.74) is 0. The lowest BCUT2D eigenvalue weighted by Gasteiger charge is -2.06. The van der Waals surface area contributed by atoms with Gasteiger partial charge in [-0.25, -0.2) is 0 Å². The minimum atomic E-state index is -0.217. The third kappa shape index (κ3) is 23.7. The highest BCUT2D eigenvalue weighted by molar-refractivity contribution is 6.18. The van der Waals surface area contributed by atoms with E-state index in [4.69, 9.17) is 32.7 Å². The number of carbonyl (C=O) groups excluding carboxylic acids is 2. The van der Waals surface area contributed by atoms with Crippen LogP contribution in [0.15, 0.2) is 0 Å². The maximum atomic E-state index is 11.7. The number of halogens is 2. The van der Waals surface area contributed by atoms with E-state index in [0.29, 0.717) is 19.6 Å². The van der Waals surface area contributed by atoms with E-state index in [1.54, 1.807) is 0 Å². The van der Waals surface area contributed by atoms with E-state index < -0.39 is 0 Å². The lowest BCUT2D eigenvalue weighted by molar-refractivity contribution is -0.145. The number of alkyl halides is 2. The van der Waals surface area contributed by atoms with Crippen LogP contribution in [0, 0.1) is 0 Å². The molecule has 0 heterocycles. The summed E-state index contributed by atoms with van der Waals surface area (Å²) in [6.07, 6.45) is 17.0. The zero-order valence-corrected chi connectivity index (χ0v) is 19.8. The Morgan fingerprint density at radius 1 is 0.448 bits per heavy atom. The molecule has 0 aliphatic rings. The molecule has 0 aromatic heterocycles. The standard InChI is InChI=1S/C23H42Cl2O4/c24-18-11-7-3-1-2-5-9-13-20-28-22(26)16-15-17-23(27)29-21-14-10-6-4-8-12-19-25/h1-21H2. The maximum Gasteiger partial charge on any atom is 0.305 e. The monoisotopic (exact) mass is 452 g/mol. The molecule has 0 bridgehead atoms. The van der Waals surface area contributed by atoms with Crippen molar-refractivity contribution in [2.24, 2.45) is 0 Å². The minimum absolute atomic E-state index is 0.212. The largest absolute Gasteiger partial charge is 0.466 e. The predicted molar refractivity (Wildman–Crippen MR) is 122 cm³/mol. The van der Waals surface area contributed by atoms with Crippen molar-refractivity contribution in [3.8, 4) is 0 Å². The summed E-state index contributed by atoms with van der Waals surface area (Å²) < 4.78 is 10.4. The summed E-state index contributed by atoms with van der Waals surface area (Å²) in [5.74, 6) is 1.08. The Morgan fingerprint density at radius 3 is 1.10 bits per heavy atom. The van der Waals surface area contributed by atoms with Crippen LogP contribution in [0.3, 0.4) is 0 Å². The molecule has 0 aromatic rings. The second-order valence-electron chi connectivity index (χ2n) is 7.62. The van der Waals surface area contributed by atoms with Gasteiger partial charge in [-0.3, -0.25) is 9.59 Å². The topological polar surface area (TPSA) is 52.6 Å². The number of unbranched alkanes of at least 4 members (excludes halogenated alkanes) is 12. The van der Waals surface area contributed by atoms with Gasteiger partial charge in [-0.2, -0.15) is 0 Å². The van der Waals surface area contributed by atoms with Crippen LogP contribution in [0.1, 0.15) is 109 Å². The van der Waals surface area contributed by atoms with Crippen molar-refractivity contribution >= 4 is 35.1 Å². The maximum absolute atomic E-state index is 11.7. The van der Waals surface area contributed by atoms with Gasteiger partial charge < -0.3 is 9.47 Å². The van der Waals surface area contributed by atoms with Crippen LogP contribution < -0.4 is 0 Å². The molecule has 0 saturated heterocycles. The average molecular weight is 453 g/mol. The van der Waals surface area contributed by atoms with Gasteiger partial charge in [-0.1, -0.05) is 64.2 Å². The molecular weight excluding hydrogens is 411 g/mol. The normalized spacial score (nSPS) is 10.8. The van der Waals surface area contributed by atoms with Gasteiger partial charge >= 0.3 is 11.9 Å². The molecule has 0 aliphatic carbocycles. The van der Waals surface area contributed by atoms with Crippen LogP contribution in [0.25, 0.3) is 0 Å². The van der Waals surface area contributed by atoms with E-state index in [1.165, 1.54) is 44.9 Å². The van der Waals surface area contributed by atoms with E-state index >= 15 is 0 Å². The molecule has 172 valence electrons. The smallest absolute Gasteiger partial charge is 0.305 e. The van der Waals surface area contributed by atoms with Crippen molar-refractivity contribution in [1.29, 1.82) is 0 Å². The van der Waals surface area contributed by atoms with Crippen LogP contribution in [0.2, 0.25) is 0 Å². The number of esters is 2. The summed E-state index contributed by atoms with van der Waals surface area (Å²) in [5, 5.41) is 0. The van der Waals surface area contributed by atoms with Crippen molar-refractivity contribution in [3.63, 3.8) is 0 Å². The van der Waals surface area contributed by atoms with Gasteiger partial charge in [0, 0.05) is 24.6 Å². The van der Waals surface area contributed by atoms with E-state index in [0.717, 1.165) is 56.7 Å². The molecular formula is C23H42Cl2O4. The number of hydrogen-bond donors (Lipinski definition) is 0. The number of ether oxygens (including phenoxy) is 2. The number of carbonyl (C=O) groups is 2. The molecule has 6 heteroatoms. The van der Waals surface area contributed by atoms with Gasteiger partial charge in [0.15, 0.2) is 0 Å². The van der Waals surface area contributed by atoms with Gasteiger partial charge in [-0.05, 0) is 32.1 Å². The summed E-state index contributed by atoms with van der Waals surface area (Å²) in [4.78, 5) is 23.3. The van der Waals surface area contributed by atoms with E-state index in [9.17, 15) is 9.59 Å². The molecule has 0 saturated carbocycles. The first-order valence-corrected chi connectivity index (χ1v) is 12.7. The Morgan fingerprint density at radius 2 is 0.759 bits per heavy atom. The molecule has 0 N–H and O–H groups in total. The zero-order valence-electron chi connectivity index (χ0n) is 18.2. The molecule has 29 heavy (non-hydrogen) atoms. The molecule has 0 atom stereocenters. The Balaban J connectivity index is 3.30. The van der Waals surface area contributed by atoms with Crippen molar-refractivity contribution in [1.82, 2.24) is 0 Å². The van der Waals surface area contributed by atoms with E-state index in [2.05, 4.69) is 0 Å². The lowest BCUT2D eigenvalue weighted by atomic mass is 10.1. The SMILES string of the molecule is O=C(CCCC(=O)OCCCCCCCCCCCl)OCCCCCCCCCl. The quantitative estimate of drug-likeness (QED) is 0.0990. The molecule has 0 rings (SSSR count). The van der Waals surface area contributed by atoms with Crippen LogP contribution in [0.5, 0.6) is 0 Å². The van der Waals surface area contributed by atoms with Gasteiger partial charge in [0.25, 0.3) is 0 Å². The molecule has 0 spiro atoms. The number of hydrogen-bond acceptors (Lipinski definition) is 4. The number of rotatable bonds is 22. The average Bonchev–Trinajstić information content (AvgIpc) is 2.71. The predicted octanol–water partition coefficient (Wildman–Crippen LogP) is 7.18. The summed E-state index contributed by atoms with van der Waals surface area (Å²) in [6, 6.07) is 0. The molecule has 0 amide bonds. The summed E-state index contributed by atoms with van der Waals surface area (Å²) in [7, 11) is 0. The molecule has 0 fully saturated rings. The molecule has 0 aliphatic heterocycles. The molecule has 0 radical (unpaired) electrons. The Hall–Kier alpha value is -0.480. The third-order valence-electron chi connectivity index (χ3n) is 4.84. The Kier molecular flexibility index (Phi) is 23.4. The second-order valence-corrected chi connectivity index (χ2v) is 8.38. The second kappa shape index (κ2) is 23.8. The van der Waals surface area contributed by atoms with E-state index in [1.807, 2.05) is 0 Å². The van der Waals surface area contributed by atoms with Crippen LogP contribution >= 0.6 is 23.2 Å². The molecule has 0 aromatic carbocycles. The van der Waals surface area contributed by atoms with Crippen molar-refractivity contribution in [2.45, 2.75) is 109 Å². The Labute approximate surface area is 188 Å². The molecule has 0 unspecified atom stereocenters. The first-order chi connectivity index (χ1) is 14.2. The highest BCUT2D eigenvalue weighted by Crippen LogP contribution is 2.10. The summed E-state index contributed by atoms with van der Waals surface area (Å²) in [6.45, 7) is 0.964. The first-order valence-electron chi connectivity index (χ1n) is 11.6. The fourth-order valence-electron chi connectivity index (χ4n) is 3.05. The minimum Gasteiger partial charge on any atom is -0.466 e. The van der Waals surface area contributed by atoms with E-state index in [-0.39, 0.29) is 24.8 Å². The van der Waals surface area contributed by atoms with Crippen molar-refractivity contribution < 1.29 is 19.1 Å². The zero-order chi connectivity index (χ0) is 21.4. The fourth-order valence-corrected chi connectivity index (χ4v) is 3.43. The first kappa shape index (κ1) is 28.5. The van der Waals surface area contributed by atoms with Gasteiger partial charge in [0.2, 0.25) is 0 Å². The van der Waals surface area contributed by atoms with Crippen molar-refractivity contribution in [2.75, 3.05) is 25.0 Å². The summed E-state index contributed by atoms with van der Waals surface area (Å²) >= 11 is 11.3. The van der Waals surface area contributed by atoms with Crippen LogP contribution in [-0.2, 0) is 19.1 Å². The highest BCUT2D eigenvalue weighted by Gasteiger charge is 2.07. The lowest BCUT2D eigenvalue weighted by Crippen LogP contribution is -2.09. The van der Waals surface area contributed by atoms with Crippen molar-refractivity contribution in [3.05, 3.63) is 0 Å². The van der Waals surface area contributed by atoms with Crippen LogP contribution in [0.4, 0.5) is 0 Å². The van der Waals surface area contributed by atoms with Gasteiger partial charge in [-0.15, -0.1) is 23.2 Å². The van der Waals surface area contributed by atoms with Crippen LogP contribution in [-0.4, -0.2) is 36.9 Å². The van der Waals surface area contributed by atoms with Gasteiger partial charge in [0.05, 0.1) is 13.2 Å². The van der Waals surface area contributed by atoms with Gasteiger partial charge in [0.1, 0.15) is 0 Å². The Bertz CT molecular complexity index is 378. The fraction of sp³-hybridized carbons (Fsp3) is 0.913. The highest BCUT2D eigenvalue weighted by atomic mass is 35.5. The third-order valence-corrected chi connectivity index (χ3v) is 5.38.